The third-order valence-electron chi connectivity index (χ3n) is 3.94. The fourth-order valence-electron chi connectivity index (χ4n) is 2.68. The van der Waals surface area contributed by atoms with Crippen LogP contribution in [0.3, 0.4) is 0 Å². The van der Waals surface area contributed by atoms with Gasteiger partial charge in [0.25, 0.3) is 11.5 Å². The molecule has 6 nitrogen and oxygen atoms in total. The molecule has 0 aliphatic heterocycles. The van der Waals surface area contributed by atoms with Gasteiger partial charge in [-0.15, -0.1) is 0 Å². The fraction of sp³-hybridized carbons (Fsp3) is 0.0952. The first-order valence-corrected chi connectivity index (χ1v) is 8.46. The summed E-state index contributed by atoms with van der Waals surface area (Å²) in [4.78, 5) is 38.5. The molecule has 0 saturated carbocycles. The van der Waals surface area contributed by atoms with E-state index in [0.717, 1.165) is 11.1 Å². The molecule has 0 aliphatic carbocycles. The van der Waals surface area contributed by atoms with E-state index in [2.05, 4.69) is 15.6 Å². The van der Waals surface area contributed by atoms with Crippen LogP contribution < -0.4 is 16.2 Å². The number of carbonyl (C=O) groups is 2. The van der Waals surface area contributed by atoms with Crippen molar-refractivity contribution in [1.82, 2.24) is 10.3 Å². The average Bonchev–Trinajstić information content (AvgIpc) is 2.66. The Balaban J connectivity index is 1.70. The highest BCUT2D eigenvalue weighted by molar-refractivity contribution is 5.94. The number of aromatic nitrogens is 1. The molecule has 0 saturated heterocycles. The van der Waals surface area contributed by atoms with Gasteiger partial charge in [-0.3, -0.25) is 14.4 Å². The molecule has 0 aliphatic rings. The second kappa shape index (κ2) is 8.14. The maximum atomic E-state index is 12.3. The number of carbonyl (C=O) groups excluding carboxylic acids is 2. The molecule has 3 N–H and O–H groups in total. The molecule has 136 valence electrons. The molecule has 2 amide bonds. The van der Waals surface area contributed by atoms with Gasteiger partial charge in [0.2, 0.25) is 5.91 Å². The van der Waals surface area contributed by atoms with Crippen molar-refractivity contribution in [2.75, 3.05) is 5.32 Å². The summed E-state index contributed by atoms with van der Waals surface area (Å²) in [6.07, 6.45) is 0. The van der Waals surface area contributed by atoms with Gasteiger partial charge in [-0.05, 0) is 35.4 Å². The molecule has 0 atom stereocenters. The first-order chi connectivity index (χ1) is 13.0. The van der Waals surface area contributed by atoms with Gasteiger partial charge in [0, 0.05) is 24.8 Å². The maximum Gasteiger partial charge on any atom is 0.261 e. The summed E-state index contributed by atoms with van der Waals surface area (Å²) in [7, 11) is 0. The third kappa shape index (κ3) is 4.70. The predicted molar refractivity (Wildman–Crippen MR) is 104 cm³/mol. The monoisotopic (exact) mass is 361 g/mol. The van der Waals surface area contributed by atoms with E-state index in [0.29, 0.717) is 11.4 Å². The van der Waals surface area contributed by atoms with E-state index >= 15 is 0 Å². The molecule has 1 aromatic heterocycles. The molecule has 0 radical (unpaired) electrons. The van der Waals surface area contributed by atoms with Gasteiger partial charge in [-0.2, -0.15) is 0 Å². The van der Waals surface area contributed by atoms with Gasteiger partial charge >= 0.3 is 0 Å². The number of hydrogen-bond acceptors (Lipinski definition) is 3. The number of rotatable bonds is 5. The normalized spacial score (nSPS) is 10.3. The summed E-state index contributed by atoms with van der Waals surface area (Å²) in [6, 6.07) is 19.8. The Kier molecular flexibility index (Phi) is 5.47. The molecule has 3 aromatic rings. The van der Waals surface area contributed by atoms with Crippen molar-refractivity contribution in [3.8, 4) is 11.3 Å². The second-order valence-corrected chi connectivity index (χ2v) is 6.05. The van der Waals surface area contributed by atoms with Crippen molar-refractivity contribution >= 4 is 17.5 Å². The van der Waals surface area contributed by atoms with Crippen LogP contribution in [-0.2, 0) is 11.3 Å². The Morgan fingerprint density at radius 2 is 1.74 bits per heavy atom. The average molecular weight is 361 g/mol. The first-order valence-electron chi connectivity index (χ1n) is 8.46. The largest absolute Gasteiger partial charge is 0.348 e. The first kappa shape index (κ1) is 18.1. The van der Waals surface area contributed by atoms with E-state index in [-0.39, 0.29) is 18.0 Å². The Morgan fingerprint density at radius 1 is 0.963 bits per heavy atom. The molecule has 3 rings (SSSR count). The van der Waals surface area contributed by atoms with Crippen LogP contribution in [0.5, 0.6) is 0 Å². The van der Waals surface area contributed by atoms with Crippen LogP contribution in [-0.4, -0.2) is 16.8 Å². The topological polar surface area (TPSA) is 91.1 Å². The van der Waals surface area contributed by atoms with Crippen LogP contribution in [0, 0.1) is 0 Å². The number of pyridine rings is 1. The smallest absolute Gasteiger partial charge is 0.261 e. The number of H-pyrrole nitrogens is 1. The van der Waals surface area contributed by atoms with Gasteiger partial charge in [0.1, 0.15) is 5.56 Å². The number of benzene rings is 2. The molecule has 6 heteroatoms. The highest BCUT2D eigenvalue weighted by Crippen LogP contribution is 2.15. The highest BCUT2D eigenvalue weighted by Gasteiger charge is 2.11. The van der Waals surface area contributed by atoms with Crippen molar-refractivity contribution in [1.29, 1.82) is 0 Å². The van der Waals surface area contributed by atoms with Crippen LogP contribution in [0.4, 0.5) is 5.69 Å². The van der Waals surface area contributed by atoms with Crippen LogP contribution in [0.2, 0.25) is 0 Å². The van der Waals surface area contributed by atoms with Gasteiger partial charge in [-0.25, -0.2) is 0 Å². The minimum atomic E-state index is -0.458. The molecule has 0 bridgehead atoms. The fourth-order valence-corrected chi connectivity index (χ4v) is 2.68. The summed E-state index contributed by atoms with van der Waals surface area (Å²) >= 11 is 0. The van der Waals surface area contributed by atoms with Crippen LogP contribution in [0.15, 0.2) is 71.5 Å². The Bertz CT molecular complexity index is 1030. The van der Waals surface area contributed by atoms with Gasteiger partial charge < -0.3 is 15.6 Å². The minimum absolute atomic E-state index is 0.0488. The van der Waals surface area contributed by atoms with Gasteiger partial charge in [0.05, 0.1) is 0 Å². The quantitative estimate of drug-likeness (QED) is 0.652. The van der Waals surface area contributed by atoms with E-state index in [9.17, 15) is 14.4 Å². The molecule has 27 heavy (non-hydrogen) atoms. The Labute approximate surface area is 156 Å². The van der Waals surface area contributed by atoms with E-state index < -0.39 is 11.5 Å². The van der Waals surface area contributed by atoms with Gasteiger partial charge in [-0.1, -0.05) is 42.5 Å². The van der Waals surface area contributed by atoms with E-state index in [1.165, 1.54) is 13.0 Å². The van der Waals surface area contributed by atoms with E-state index in [1.807, 2.05) is 36.4 Å². The number of hydrogen-bond donors (Lipinski definition) is 3. The SMILES string of the molecule is CC(=O)Nc1cccc(CNC(=O)c2ccc(-c3ccccc3)[nH]c2=O)c1. The summed E-state index contributed by atoms with van der Waals surface area (Å²) in [5.41, 5.74) is 2.59. The minimum Gasteiger partial charge on any atom is -0.348 e. The standard InChI is InChI=1S/C21H19N3O3/c1-14(25)23-17-9-5-6-15(12-17)13-22-20(26)18-10-11-19(24-21(18)27)16-7-3-2-4-8-16/h2-12H,13H2,1H3,(H,22,26)(H,23,25)(H,24,27). The zero-order valence-corrected chi connectivity index (χ0v) is 14.8. The van der Waals surface area contributed by atoms with Crippen LogP contribution >= 0.6 is 0 Å². The summed E-state index contributed by atoms with van der Waals surface area (Å²) in [6.45, 7) is 1.67. The van der Waals surface area contributed by atoms with Crippen molar-refractivity contribution in [3.05, 3.63) is 88.2 Å². The Morgan fingerprint density at radius 3 is 2.44 bits per heavy atom. The zero-order valence-electron chi connectivity index (χ0n) is 14.8. The lowest BCUT2D eigenvalue weighted by molar-refractivity contribution is -0.114. The number of nitrogens with one attached hydrogen (secondary N) is 3. The number of anilines is 1. The second-order valence-electron chi connectivity index (χ2n) is 6.05. The lowest BCUT2D eigenvalue weighted by Crippen LogP contribution is -2.29. The zero-order chi connectivity index (χ0) is 19.2. The molecule has 0 unspecified atom stereocenters. The molecule has 2 aromatic carbocycles. The highest BCUT2D eigenvalue weighted by atomic mass is 16.2. The summed E-state index contributed by atoms with van der Waals surface area (Å²) < 4.78 is 0. The lowest BCUT2D eigenvalue weighted by atomic mass is 10.1. The van der Waals surface area contributed by atoms with Gasteiger partial charge in [0.15, 0.2) is 0 Å². The van der Waals surface area contributed by atoms with Crippen LogP contribution in [0.1, 0.15) is 22.8 Å². The molecular formula is C21H19N3O3. The lowest BCUT2D eigenvalue weighted by Gasteiger charge is -2.08. The van der Waals surface area contributed by atoms with Crippen molar-refractivity contribution in [2.45, 2.75) is 13.5 Å². The van der Waals surface area contributed by atoms with Crippen molar-refractivity contribution in [2.24, 2.45) is 0 Å². The van der Waals surface area contributed by atoms with E-state index in [4.69, 9.17) is 0 Å². The molecule has 1 heterocycles. The Hall–Kier alpha value is -3.67. The summed E-state index contributed by atoms with van der Waals surface area (Å²) in [5, 5.41) is 5.41. The predicted octanol–water partition coefficient (Wildman–Crippen LogP) is 2.93. The van der Waals surface area contributed by atoms with E-state index in [1.54, 1.807) is 24.3 Å². The summed E-state index contributed by atoms with van der Waals surface area (Å²) in [5.74, 6) is -0.623. The molecule has 0 spiro atoms. The van der Waals surface area contributed by atoms with Crippen molar-refractivity contribution in [3.63, 3.8) is 0 Å². The molecular weight excluding hydrogens is 342 g/mol. The van der Waals surface area contributed by atoms with Crippen LogP contribution in [0.25, 0.3) is 11.3 Å². The third-order valence-corrected chi connectivity index (χ3v) is 3.94. The maximum absolute atomic E-state index is 12.3. The number of aromatic amines is 1. The van der Waals surface area contributed by atoms with Crippen molar-refractivity contribution < 1.29 is 9.59 Å². The number of amides is 2. The molecule has 0 fully saturated rings.